The standard InChI is InChI=1S/C19H28N2O.ClH/c1-5-6-11-21-12-10-14(2)13-17(21)19(22)20-18-15(3)8-7-9-16(18)4;/h7-9,17H,2,5-6,10-13H2,1,3-4H3,(H,20,22);1H. The van der Waals surface area contributed by atoms with Crippen LogP contribution in [0.25, 0.3) is 0 Å². The van der Waals surface area contributed by atoms with Crippen LogP contribution in [0.15, 0.2) is 30.4 Å². The van der Waals surface area contributed by atoms with Crippen molar-refractivity contribution in [1.82, 2.24) is 4.90 Å². The summed E-state index contributed by atoms with van der Waals surface area (Å²) in [6.45, 7) is 12.3. The van der Waals surface area contributed by atoms with Crippen molar-refractivity contribution >= 4 is 24.0 Å². The third-order valence-electron chi connectivity index (χ3n) is 4.51. The summed E-state index contributed by atoms with van der Waals surface area (Å²) in [4.78, 5) is 15.1. The number of carbonyl (C=O) groups excluding carboxylic acids is 1. The number of benzene rings is 1. The zero-order chi connectivity index (χ0) is 16.1. The quantitative estimate of drug-likeness (QED) is 0.804. The SMILES string of the molecule is C=C1CCN(CCCC)C(C(=O)Nc2c(C)cccc2C)C1.Cl. The van der Waals surface area contributed by atoms with Crippen LogP contribution in [0.4, 0.5) is 5.69 Å². The molecule has 23 heavy (non-hydrogen) atoms. The number of nitrogens with zero attached hydrogens (tertiary/aromatic N) is 1. The number of amides is 1. The van der Waals surface area contributed by atoms with Crippen molar-refractivity contribution in [3.8, 4) is 0 Å². The van der Waals surface area contributed by atoms with Gasteiger partial charge in [0.05, 0.1) is 6.04 Å². The zero-order valence-electron chi connectivity index (χ0n) is 14.5. The van der Waals surface area contributed by atoms with Crippen LogP contribution in [-0.4, -0.2) is 29.9 Å². The van der Waals surface area contributed by atoms with Gasteiger partial charge in [0.25, 0.3) is 0 Å². The average Bonchev–Trinajstić information content (AvgIpc) is 2.49. The second-order valence-corrected chi connectivity index (χ2v) is 6.37. The van der Waals surface area contributed by atoms with Crippen molar-refractivity contribution in [2.75, 3.05) is 18.4 Å². The van der Waals surface area contributed by atoms with Gasteiger partial charge in [-0.25, -0.2) is 0 Å². The highest BCUT2D eigenvalue weighted by molar-refractivity contribution is 5.96. The first-order valence-corrected chi connectivity index (χ1v) is 8.30. The molecule has 1 aliphatic heterocycles. The topological polar surface area (TPSA) is 32.3 Å². The number of piperidine rings is 1. The molecule has 4 heteroatoms. The average molecular weight is 337 g/mol. The lowest BCUT2D eigenvalue weighted by Gasteiger charge is -2.35. The molecule has 1 atom stereocenters. The van der Waals surface area contributed by atoms with Crippen LogP contribution >= 0.6 is 12.4 Å². The van der Waals surface area contributed by atoms with Crippen LogP contribution in [-0.2, 0) is 4.79 Å². The molecule has 0 aromatic heterocycles. The Morgan fingerprint density at radius 1 is 1.35 bits per heavy atom. The lowest BCUT2D eigenvalue weighted by Crippen LogP contribution is -2.48. The summed E-state index contributed by atoms with van der Waals surface area (Å²) >= 11 is 0. The Kier molecular flexibility index (Phi) is 7.80. The number of hydrogen-bond donors (Lipinski definition) is 1. The first-order valence-electron chi connectivity index (χ1n) is 8.30. The van der Waals surface area contributed by atoms with E-state index in [0.29, 0.717) is 0 Å². The van der Waals surface area contributed by atoms with Gasteiger partial charge >= 0.3 is 0 Å². The lowest BCUT2D eigenvalue weighted by molar-refractivity contribution is -0.121. The van der Waals surface area contributed by atoms with E-state index in [0.717, 1.165) is 55.6 Å². The number of carbonyl (C=O) groups is 1. The molecule has 1 amide bonds. The van der Waals surface area contributed by atoms with Crippen molar-refractivity contribution in [3.05, 3.63) is 41.5 Å². The molecular formula is C19H29ClN2O. The van der Waals surface area contributed by atoms with Gasteiger partial charge in [0.1, 0.15) is 0 Å². The Bertz CT molecular complexity index is 536. The van der Waals surface area contributed by atoms with Gasteiger partial charge in [-0.15, -0.1) is 12.4 Å². The molecule has 0 radical (unpaired) electrons. The number of aryl methyl sites for hydroxylation is 2. The summed E-state index contributed by atoms with van der Waals surface area (Å²) in [5, 5.41) is 3.15. The summed E-state index contributed by atoms with van der Waals surface area (Å²) in [6.07, 6.45) is 4.08. The van der Waals surface area contributed by atoms with Crippen molar-refractivity contribution in [2.45, 2.75) is 52.5 Å². The fraction of sp³-hybridized carbons (Fsp3) is 0.526. The molecule has 3 nitrogen and oxygen atoms in total. The minimum absolute atomic E-state index is 0. The molecule has 0 bridgehead atoms. The van der Waals surface area contributed by atoms with Gasteiger partial charge < -0.3 is 5.32 Å². The van der Waals surface area contributed by atoms with E-state index in [1.54, 1.807) is 0 Å². The Hall–Kier alpha value is -1.32. The normalized spacial score (nSPS) is 18.4. The van der Waals surface area contributed by atoms with E-state index in [1.165, 1.54) is 5.57 Å². The number of nitrogens with one attached hydrogen (secondary N) is 1. The highest BCUT2D eigenvalue weighted by atomic mass is 35.5. The number of unbranched alkanes of at least 4 members (excludes halogenated alkanes) is 1. The monoisotopic (exact) mass is 336 g/mol. The minimum Gasteiger partial charge on any atom is -0.324 e. The highest BCUT2D eigenvalue weighted by Crippen LogP contribution is 2.25. The summed E-state index contributed by atoms with van der Waals surface area (Å²) in [5.41, 5.74) is 4.37. The highest BCUT2D eigenvalue weighted by Gasteiger charge is 2.30. The molecule has 1 saturated heterocycles. The Morgan fingerprint density at radius 3 is 2.61 bits per heavy atom. The fourth-order valence-corrected chi connectivity index (χ4v) is 3.07. The molecule has 0 aliphatic carbocycles. The molecule has 0 spiro atoms. The zero-order valence-corrected chi connectivity index (χ0v) is 15.3. The van der Waals surface area contributed by atoms with E-state index in [4.69, 9.17) is 0 Å². The summed E-state index contributed by atoms with van der Waals surface area (Å²) in [5.74, 6) is 0.106. The van der Waals surface area contributed by atoms with Gasteiger partial charge in [0.15, 0.2) is 0 Å². The summed E-state index contributed by atoms with van der Waals surface area (Å²) < 4.78 is 0. The van der Waals surface area contributed by atoms with Crippen LogP contribution in [0.2, 0.25) is 0 Å². The number of anilines is 1. The van der Waals surface area contributed by atoms with Gasteiger partial charge in [0, 0.05) is 12.2 Å². The molecule has 1 N–H and O–H groups in total. The number of para-hydroxylation sites is 1. The maximum absolute atomic E-state index is 12.8. The van der Waals surface area contributed by atoms with Crippen molar-refractivity contribution in [1.29, 1.82) is 0 Å². The second-order valence-electron chi connectivity index (χ2n) is 6.37. The van der Waals surface area contributed by atoms with Crippen molar-refractivity contribution in [2.24, 2.45) is 0 Å². The third kappa shape index (κ3) is 5.08. The molecule has 1 aromatic carbocycles. The Balaban J connectivity index is 0.00000264. The smallest absolute Gasteiger partial charge is 0.242 e. The van der Waals surface area contributed by atoms with E-state index in [2.05, 4.69) is 23.7 Å². The molecule has 1 heterocycles. The van der Waals surface area contributed by atoms with Crippen molar-refractivity contribution in [3.63, 3.8) is 0 Å². The largest absolute Gasteiger partial charge is 0.324 e. The summed E-state index contributed by atoms with van der Waals surface area (Å²) in [7, 11) is 0. The molecule has 1 aliphatic rings. The number of rotatable bonds is 5. The molecule has 2 rings (SSSR count). The molecular weight excluding hydrogens is 308 g/mol. The van der Waals surface area contributed by atoms with Crippen molar-refractivity contribution < 1.29 is 4.79 Å². The van der Waals surface area contributed by atoms with Crippen LogP contribution in [0.3, 0.4) is 0 Å². The predicted molar refractivity (Wildman–Crippen MR) is 100 cm³/mol. The first kappa shape index (κ1) is 19.7. The third-order valence-corrected chi connectivity index (χ3v) is 4.51. The number of hydrogen-bond acceptors (Lipinski definition) is 2. The van der Waals surface area contributed by atoms with Crippen LogP contribution < -0.4 is 5.32 Å². The molecule has 1 unspecified atom stereocenters. The molecule has 1 aromatic rings. The van der Waals surface area contributed by atoms with Crippen LogP contribution in [0.1, 0.15) is 43.7 Å². The van der Waals surface area contributed by atoms with E-state index >= 15 is 0 Å². The van der Waals surface area contributed by atoms with Gasteiger partial charge in [-0.1, -0.05) is 43.7 Å². The Morgan fingerprint density at radius 2 is 2.00 bits per heavy atom. The molecule has 1 fully saturated rings. The van der Waals surface area contributed by atoms with Gasteiger partial charge in [-0.05, 0) is 50.8 Å². The molecule has 0 saturated carbocycles. The second kappa shape index (κ2) is 9.09. The fourth-order valence-electron chi connectivity index (χ4n) is 3.07. The van der Waals surface area contributed by atoms with Gasteiger partial charge in [-0.2, -0.15) is 0 Å². The summed E-state index contributed by atoms with van der Waals surface area (Å²) in [6, 6.07) is 6.03. The van der Waals surface area contributed by atoms with Gasteiger partial charge in [0.2, 0.25) is 5.91 Å². The van der Waals surface area contributed by atoms with Gasteiger partial charge in [-0.3, -0.25) is 9.69 Å². The predicted octanol–water partition coefficient (Wildman–Crippen LogP) is 4.48. The Labute approximate surface area is 146 Å². The minimum atomic E-state index is -0.0770. The van der Waals surface area contributed by atoms with E-state index in [1.807, 2.05) is 32.0 Å². The number of likely N-dealkylation sites (tertiary alicyclic amines) is 1. The van der Waals surface area contributed by atoms with Crippen LogP contribution in [0, 0.1) is 13.8 Å². The first-order chi connectivity index (χ1) is 10.5. The number of halogens is 1. The van der Waals surface area contributed by atoms with E-state index in [9.17, 15) is 4.79 Å². The maximum atomic E-state index is 12.8. The van der Waals surface area contributed by atoms with E-state index in [-0.39, 0.29) is 24.4 Å². The van der Waals surface area contributed by atoms with Crippen LogP contribution in [0.5, 0.6) is 0 Å². The lowest BCUT2D eigenvalue weighted by atomic mass is 9.96. The molecule has 128 valence electrons. The van der Waals surface area contributed by atoms with E-state index < -0.39 is 0 Å². The maximum Gasteiger partial charge on any atom is 0.242 e.